The van der Waals surface area contributed by atoms with Gasteiger partial charge >= 0.3 is 5.97 Å². The lowest BCUT2D eigenvalue weighted by molar-refractivity contribution is -0.132. The van der Waals surface area contributed by atoms with E-state index < -0.39 is 5.97 Å². The van der Waals surface area contributed by atoms with Crippen molar-refractivity contribution in [2.45, 2.75) is 0 Å². The number of carbonyl (C=O) groups excluding carboxylic acids is 1. The van der Waals surface area contributed by atoms with E-state index >= 15 is 0 Å². The Kier molecular flexibility index (Phi) is 3.60. The predicted octanol–water partition coefficient (Wildman–Crippen LogP) is 0.605. The molecule has 0 bridgehead atoms. The third-order valence-corrected chi connectivity index (χ3v) is 1.50. The van der Waals surface area contributed by atoms with Gasteiger partial charge in [-0.1, -0.05) is 5.16 Å². The molecule has 0 saturated heterocycles. The van der Waals surface area contributed by atoms with Gasteiger partial charge in [0, 0.05) is 18.0 Å². The molecule has 1 rings (SSSR count). The molecular formula is C9H10N2O3. The number of pyridine rings is 1. The summed E-state index contributed by atoms with van der Waals surface area (Å²) in [4.78, 5) is 19.6. The summed E-state index contributed by atoms with van der Waals surface area (Å²) >= 11 is 0. The zero-order chi connectivity index (χ0) is 10.4. The van der Waals surface area contributed by atoms with Gasteiger partial charge in [0.05, 0.1) is 7.11 Å². The van der Waals surface area contributed by atoms with Gasteiger partial charge < -0.3 is 9.57 Å². The van der Waals surface area contributed by atoms with Crippen LogP contribution in [-0.4, -0.2) is 30.9 Å². The maximum atomic E-state index is 11.2. The standard InChI is InChI=1S/C9H10N2O3/c1-13-9(12)8(11-14-2)7-4-3-5-10-6-7/h3-6H,1-2H3/b11-8+. The number of nitrogens with zero attached hydrogens (tertiary/aromatic N) is 2. The van der Waals surface area contributed by atoms with E-state index in [1.807, 2.05) is 0 Å². The highest BCUT2D eigenvalue weighted by Gasteiger charge is 2.15. The van der Waals surface area contributed by atoms with E-state index in [-0.39, 0.29) is 5.71 Å². The zero-order valence-corrected chi connectivity index (χ0v) is 7.93. The van der Waals surface area contributed by atoms with Crippen LogP contribution in [0.25, 0.3) is 0 Å². The predicted molar refractivity (Wildman–Crippen MR) is 49.8 cm³/mol. The maximum absolute atomic E-state index is 11.2. The molecule has 0 atom stereocenters. The third kappa shape index (κ3) is 2.29. The number of ether oxygens (including phenoxy) is 1. The minimum Gasteiger partial charge on any atom is -0.464 e. The van der Waals surface area contributed by atoms with Gasteiger partial charge in [0.2, 0.25) is 0 Å². The third-order valence-electron chi connectivity index (χ3n) is 1.50. The van der Waals surface area contributed by atoms with E-state index in [0.29, 0.717) is 5.56 Å². The SMILES string of the molecule is CO/N=C(/C(=O)OC)c1cccnc1. The van der Waals surface area contributed by atoms with Crippen LogP contribution >= 0.6 is 0 Å². The molecule has 0 amide bonds. The number of carbonyl (C=O) groups is 1. The van der Waals surface area contributed by atoms with Crippen LogP contribution in [0.2, 0.25) is 0 Å². The summed E-state index contributed by atoms with van der Waals surface area (Å²) in [6, 6.07) is 3.39. The first-order valence-corrected chi connectivity index (χ1v) is 3.89. The van der Waals surface area contributed by atoms with Gasteiger partial charge in [-0.2, -0.15) is 0 Å². The second-order valence-corrected chi connectivity index (χ2v) is 2.36. The number of oxime groups is 1. The largest absolute Gasteiger partial charge is 0.464 e. The molecule has 0 aliphatic heterocycles. The molecular weight excluding hydrogens is 184 g/mol. The van der Waals surface area contributed by atoms with E-state index in [9.17, 15) is 4.79 Å². The van der Waals surface area contributed by atoms with Crippen molar-refractivity contribution in [3.8, 4) is 0 Å². The Morgan fingerprint density at radius 2 is 2.29 bits per heavy atom. The number of hydrogen-bond donors (Lipinski definition) is 0. The second kappa shape index (κ2) is 4.96. The quantitative estimate of drug-likeness (QED) is 0.401. The van der Waals surface area contributed by atoms with Crippen molar-refractivity contribution >= 4 is 11.7 Å². The molecule has 0 spiro atoms. The fourth-order valence-electron chi connectivity index (χ4n) is 0.899. The molecule has 74 valence electrons. The molecule has 1 aromatic heterocycles. The first kappa shape index (κ1) is 10.2. The van der Waals surface area contributed by atoms with Crippen LogP contribution in [0.1, 0.15) is 5.56 Å². The Bertz CT molecular complexity index is 335. The van der Waals surface area contributed by atoms with Crippen molar-refractivity contribution in [1.29, 1.82) is 0 Å². The van der Waals surface area contributed by atoms with E-state index in [1.54, 1.807) is 18.3 Å². The Morgan fingerprint density at radius 3 is 2.79 bits per heavy atom. The van der Waals surface area contributed by atoms with Crippen molar-refractivity contribution in [1.82, 2.24) is 4.98 Å². The molecule has 0 aliphatic rings. The smallest absolute Gasteiger partial charge is 0.360 e. The van der Waals surface area contributed by atoms with Crippen LogP contribution in [0.5, 0.6) is 0 Å². The van der Waals surface area contributed by atoms with Crippen molar-refractivity contribution in [3.63, 3.8) is 0 Å². The minimum absolute atomic E-state index is 0.100. The van der Waals surface area contributed by atoms with Crippen LogP contribution in [-0.2, 0) is 14.4 Å². The molecule has 0 N–H and O–H groups in total. The summed E-state index contributed by atoms with van der Waals surface area (Å²) in [5.41, 5.74) is 0.657. The lowest BCUT2D eigenvalue weighted by Crippen LogP contribution is -2.17. The van der Waals surface area contributed by atoms with Crippen LogP contribution < -0.4 is 0 Å². The Morgan fingerprint density at radius 1 is 1.50 bits per heavy atom. The molecule has 1 heterocycles. The molecule has 0 unspecified atom stereocenters. The summed E-state index contributed by atoms with van der Waals surface area (Å²) in [6.07, 6.45) is 3.11. The Labute approximate surface area is 81.3 Å². The fraction of sp³-hybridized carbons (Fsp3) is 0.222. The highest BCUT2D eigenvalue weighted by molar-refractivity contribution is 6.43. The molecule has 5 nitrogen and oxygen atoms in total. The van der Waals surface area contributed by atoms with Gasteiger partial charge in [0.1, 0.15) is 7.11 Å². The maximum Gasteiger partial charge on any atom is 0.360 e. The van der Waals surface area contributed by atoms with Gasteiger partial charge in [-0.05, 0) is 12.1 Å². The summed E-state index contributed by atoms with van der Waals surface area (Å²) < 4.78 is 4.54. The van der Waals surface area contributed by atoms with Crippen LogP contribution in [0.15, 0.2) is 29.7 Å². The molecule has 0 fully saturated rings. The second-order valence-electron chi connectivity index (χ2n) is 2.36. The average molecular weight is 194 g/mol. The topological polar surface area (TPSA) is 60.8 Å². The van der Waals surface area contributed by atoms with Crippen molar-refractivity contribution in [3.05, 3.63) is 30.1 Å². The minimum atomic E-state index is -0.556. The van der Waals surface area contributed by atoms with Gasteiger partial charge in [-0.3, -0.25) is 4.98 Å². The summed E-state index contributed by atoms with van der Waals surface area (Å²) in [5.74, 6) is -0.556. The normalized spacial score (nSPS) is 10.9. The van der Waals surface area contributed by atoms with E-state index in [1.165, 1.54) is 20.4 Å². The molecule has 1 aromatic rings. The molecule has 14 heavy (non-hydrogen) atoms. The number of methoxy groups -OCH3 is 1. The van der Waals surface area contributed by atoms with Crippen molar-refractivity contribution in [2.75, 3.05) is 14.2 Å². The Balaban J connectivity index is 3.02. The number of rotatable bonds is 3. The summed E-state index contributed by atoms with van der Waals surface area (Å²) in [5, 5.41) is 3.57. The Hall–Kier alpha value is -1.91. The van der Waals surface area contributed by atoms with Gasteiger partial charge in [0.15, 0.2) is 5.71 Å². The van der Waals surface area contributed by atoms with Crippen molar-refractivity contribution in [2.24, 2.45) is 5.16 Å². The van der Waals surface area contributed by atoms with Crippen LogP contribution in [0, 0.1) is 0 Å². The number of esters is 1. The zero-order valence-electron chi connectivity index (χ0n) is 7.93. The van der Waals surface area contributed by atoms with Gasteiger partial charge in [0.25, 0.3) is 0 Å². The number of hydrogen-bond acceptors (Lipinski definition) is 5. The number of aromatic nitrogens is 1. The molecule has 0 aliphatic carbocycles. The summed E-state index contributed by atoms with van der Waals surface area (Å²) in [6.45, 7) is 0. The van der Waals surface area contributed by atoms with E-state index in [4.69, 9.17) is 0 Å². The van der Waals surface area contributed by atoms with Gasteiger partial charge in [-0.15, -0.1) is 0 Å². The fourth-order valence-corrected chi connectivity index (χ4v) is 0.899. The molecule has 0 radical (unpaired) electrons. The molecule has 0 aromatic carbocycles. The lowest BCUT2D eigenvalue weighted by atomic mass is 10.2. The molecule has 5 heteroatoms. The van der Waals surface area contributed by atoms with Crippen LogP contribution in [0.4, 0.5) is 0 Å². The van der Waals surface area contributed by atoms with E-state index in [0.717, 1.165) is 0 Å². The van der Waals surface area contributed by atoms with E-state index in [2.05, 4.69) is 19.7 Å². The van der Waals surface area contributed by atoms with Crippen molar-refractivity contribution < 1.29 is 14.4 Å². The highest BCUT2D eigenvalue weighted by Crippen LogP contribution is 2.01. The first-order valence-electron chi connectivity index (χ1n) is 3.89. The monoisotopic (exact) mass is 194 g/mol. The molecule has 0 saturated carbocycles. The first-order chi connectivity index (χ1) is 6.79. The highest BCUT2D eigenvalue weighted by atomic mass is 16.6. The summed E-state index contributed by atoms with van der Waals surface area (Å²) in [7, 11) is 2.64. The van der Waals surface area contributed by atoms with Crippen LogP contribution in [0.3, 0.4) is 0 Å². The van der Waals surface area contributed by atoms with Gasteiger partial charge in [-0.25, -0.2) is 4.79 Å². The lowest BCUT2D eigenvalue weighted by Gasteiger charge is -2.02. The average Bonchev–Trinajstić information content (AvgIpc) is 2.26.